The summed E-state index contributed by atoms with van der Waals surface area (Å²) in [4.78, 5) is 24.3. The van der Waals surface area contributed by atoms with Crippen molar-refractivity contribution in [1.29, 1.82) is 0 Å². The third-order valence-corrected chi connectivity index (χ3v) is 3.65. The van der Waals surface area contributed by atoms with Crippen molar-refractivity contribution in [2.75, 3.05) is 26.7 Å². The van der Waals surface area contributed by atoms with Crippen LogP contribution in [0.15, 0.2) is 24.3 Å². The van der Waals surface area contributed by atoms with Crippen LogP contribution in [0.4, 0.5) is 0 Å². The first kappa shape index (κ1) is 15.3. The van der Waals surface area contributed by atoms with Gasteiger partial charge in [-0.2, -0.15) is 0 Å². The number of ether oxygens (including phenoxy) is 1. The Labute approximate surface area is 123 Å². The van der Waals surface area contributed by atoms with E-state index in [1.54, 1.807) is 7.11 Å². The summed E-state index contributed by atoms with van der Waals surface area (Å²) in [5.74, 6) is -0.481. The van der Waals surface area contributed by atoms with Crippen molar-refractivity contribution >= 4 is 11.9 Å². The number of benzene rings is 1. The first-order chi connectivity index (χ1) is 10.1. The molecule has 114 valence electrons. The monoisotopic (exact) mass is 292 g/mol. The van der Waals surface area contributed by atoms with Gasteiger partial charge >= 0.3 is 5.97 Å². The molecular formula is C15H20N2O4. The number of aliphatic carboxylic acids is 1. The van der Waals surface area contributed by atoms with Crippen LogP contribution in [0, 0.1) is 0 Å². The Hall–Kier alpha value is -2.08. The number of para-hydroxylation sites is 1. The van der Waals surface area contributed by atoms with Gasteiger partial charge in [0.2, 0.25) is 5.91 Å². The smallest absolute Gasteiger partial charge is 0.322 e. The van der Waals surface area contributed by atoms with Crippen LogP contribution in [0.2, 0.25) is 0 Å². The van der Waals surface area contributed by atoms with Crippen molar-refractivity contribution in [2.45, 2.75) is 18.9 Å². The summed E-state index contributed by atoms with van der Waals surface area (Å²) in [5.41, 5.74) is 1.07. The highest BCUT2D eigenvalue weighted by molar-refractivity contribution is 5.82. The van der Waals surface area contributed by atoms with E-state index in [2.05, 4.69) is 10.2 Å². The van der Waals surface area contributed by atoms with Crippen LogP contribution >= 0.6 is 0 Å². The highest BCUT2D eigenvalue weighted by Crippen LogP contribution is 2.36. The van der Waals surface area contributed by atoms with Gasteiger partial charge in [-0.1, -0.05) is 18.2 Å². The minimum atomic E-state index is -1.04. The number of nitrogens with zero attached hydrogens (tertiary/aromatic N) is 1. The van der Waals surface area contributed by atoms with Crippen LogP contribution in [0.5, 0.6) is 5.75 Å². The molecule has 2 rings (SSSR count). The molecule has 1 heterocycles. The third kappa shape index (κ3) is 3.95. The predicted molar refractivity (Wildman–Crippen MR) is 77.2 cm³/mol. The number of amides is 1. The fourth-order valence-electron chi connectivity index (χ4n) is 2.72. The molecule has 1 amide bonds. The second-order valence-corrected chi connectivity index (χ2v) is 5.04. The Balaban J connectivity index is 2.03. The standard InChI is InChI=1S/C15H20N2O4/c1-21-13-7-3-2-5-11(13)12-6-4-8-17(12)10-14(18)16-9-15(19)20/h2-3,5,7,12H,4,6,8-10H2,1H3,(H,16,18)(H,19,20). The first-order valence-corrected chi connectivity index (χ1v) is 6.97. The molecule has 1 aliphatic rings. The average molecular weight is 292 g/mol. The van der Waals surface area contributed by atoms with Crippen molar-refractivity contribution in [3.8, 4) is 5.75 Å². The largest absolute Gasteiger partial charge is 0.496 e. The van der Waals surface area contributed by atoms with Gasteiger partial charge < -0.3 is 15.2 Å². The number of rotatable bonds is 6. The van der Waals surface area contributed by atoms with Gasteiger partial charge in [0.25, 0.3) is 0 Å². The Kier molecular flexibility index (Phi) is 5.16. The van der Waals surface area contributed by atoms with Crippen molar-refractivity contribution in [1.82, 2.24) is 10.2 Å². The summed E-state index contributed by atoms with van der Waals surface area (Å²) in [6, 6.07) is 7.93. The van der Waals surface area contributed by atoms with Crippen LogP contribution in [0.25, 0.3) is 0 Å². The molecule has 6 heteroatoms. The van der Waals surface area contributed by atoms with Crippen molar-refractivity contribution in [2.24, 2.45) is 0 Å². The highest BCUT2D eigenvalue weighted by Gasteiger charge is 2.29. The normalized spacial score (nSPS) is 18.4. The lowest BCUT2D eigenvalue weighted by Crippen LogP contribution is -2.39. The number of nitrogens with one attached hydrogen (secondary N) is 1. The van der Waals surface area contributed by atoms with Crippen LogP contribution in [-0.2, 0) is 9.59 Å². The summed E-state index contributed by atoms with van der Waals surface area (Å²) in [5, 5.41) is 11.0. The van der Waals surface area contributed by atoms with E-state index in [4.69, 9.17) is 9.84 Å². The van der Waals surface area contributed by atoms with Gasteiger partial charge in [0.15, 0.2) is 0 Å². The molecule has 0 aliphatic carbocycles. The summed E-state index contributed by atoms with van der Waals surface area (Å²) in [6.07, 6.45) is 1.97. The number of carbonyl (C=O) groups is 2. The molecule has 0 bridgehead atoms. The van der Waals surface area contributed by atoms with E-state index in [0.29, 0.717) is 0 Å². The molecule has 0 saturated carbocycles. The van der Waals surface area contributed by atoms with E-state index in [-0.39, 0.29) is 25.0 Å². The van der Waals surface area contributed by atoms with Crippen LogP contribution < -0.4 is 10.1 Å². The number of hydrogen-bond donors (Lipinski definition) is 2. The summed E-state index contributed by atoms with van der Waals surface area (Å²) >= 11 is 0. The molecule has 0 radical (unpaired) electrons. The fraction of sp³-hybridized carbons (Fsp3) is 0.467. The summed E-state index contributed by atoms with van der Waals surface area (Å²) in [7, 11) is 1.64. The van der Waals surface area contributed by atoms with Crippen molar-refractivity contribution < 1.29 is 19.4 Å². The molecule has 0 aromatic heterocycles. The maximum Gasteiger partial charge on any atom is 0.322 e. The second-order valence-electron chi connectivity index (χ2n) is 5.04. The number of hydrogen-bond acceptors (Lipinski definition) is 4. The third-order valence-electron chi connectivity index (χ3n) is 3.65. The maximum atomic E-state index is 11.8. The zero-order valence-corrected chi connectivity index (χ0v) is 12.0. The van der Waals surface area contributed by atoms with Gasteiger partial charge in [-0.15, -0.1) is 0 Å². The van der Waals surface area contributed by atoms with E-state index < -0.39 is 5.97 Å². The van der Waals surface area contributed by atoms with Crippen LogP contribution in [-0.4, -0.2) is 48.6 Å². The van der Waals surface area contributed by atoms with Gasteiger partial charge in [0.1, 0.15) is 12.3 Å². The molecule has 1 aromatic carbocycles. The summed E-state index contributed by atoms with van der Waals surface area (Å²) in [6.45, 7) is 0.686. The molecule has 1 saturated heterocycles. The van der Waals surface area contributed by atoms with Crippen molar-refractivity contribution in [3.63, 3.8) is 0 Å². The Morgan fingerprint density at radius 1 is 1.43 bits per heavy atom. The lowest BCUT2D eigenvalue weighted by molar-refractivity contribution is -0.138. The van der Waals surface area contributed by atoms with Gasteiger partial charge in [-0.25, -0.2) is 0 Å². The quantitative estimate of drug-likeness (QED) is 0.819. The van der Waals surface area contributed by atoms with Gasteiger partial charge in [-0.05, 0) is 25.5 Å². The zero-order valence-electron chi connectivity index (χ0n) is 12.0. The topological polar surface area (TPSA) is 78.9 Å². The van der Waals surface area contributed by atoms with Gasteiger partial charge in [0.05, 0.1) is 13.7 Å². The van der Waals surface area contributed by atoms with E-state index in [9.17, 15) is 9.59 Å². The second kappa shape index (κ2) is 7.08. The number of carboxylic acid groups (broad SMARTS) is 1. The van der Waals surface area contributed by atoms with E-state index in [0.717, 1.165) is 30.7 Å². The van der Waals surface area contributed by atoms with E-state index >= 15 is 0 Å². The Morgan fingerprint density at radius 3 is 2.90 bits per heavy atom. The minimum Gasteiger partial charge on any atom is -0.496 e. The fourth-order valence-corrected chi connectivity index (χ4v) is 2.72. The SMILES string of the molecule is COc1ccccc1C1CCCN1CC(=O)NCC(=O)O. The predicted octanol–water partition coefficient (Wildman–Crippen LogP) is 1.03. The number of carbonyl (C=O) groups excluding carboxylic acids is 1. The number of methoxy groups -OCH3 is 1. The minimum absolute atomic E-state index is 0.136. The molecule has 1 fully saturated rings. The molecular weight excluding hydrogens is 272 g/mol. The molecule has 2 N–H and O–H groups in total. The molecule has 0 spiro atoms. The molecule has 1 unspecified atom stereocenters. The maximum absolute atomic E-state index is 11.8. The highest BCUT2D eigenvalue weighted by atomic mass is 16.5. The van der Waals surface area contributed by atoms with Crippen molar-refractivity contribution in [3.05, 3.63) is 29.8 Å². The molecule has 6 nitrogen and oxygen atoms in total. The lowest BCUT2D eigenvalue weighted by atomic mass is 10.0. The first-order valence-electron chi connectivity index (χ1n) is 6.97. The molecule has 1 aromatic rings. The summed E-state index contributed by atoms with van der Waals surface area (Å²) < 4.78 is 5.39. The van der Waals surface area contributed by atoms with Gasteiger partial charge in [0, 0.05) is 11.6 Å². The van der Waals surface area contributed by atoms with E-state index in [1.165, 1.54) is 0 Å². The zero-order chi connectivity index (χ0) is 15.2. The average Bonchev–Trinajstić information content (AvgIpc) is 2.93. The molecule has 21 heavy (non-hydrogen) atoms. The number of carboxylic acids is 1. The van der Waals surface area contributed by atoms with E-state index in [1.807, 2.05) is 24.3 Å². The Bertz CT molecular complexity index is 518. The van der Waals surface area contributed by atoms with Crippen LogP contribution in [0.1, 0.15) is 24.4 Å². The van der Waals surface area contributed by atoms with Crippen LogP contribution in [0.3, 0.4) is 0 Å². The van der Waals surface area contributed by atoms with Gasteiger partial charge in [-0.3, -0.25) is 14.5 Å². The Morgan fingerprint density at radius 2 is 2.19 bits per heavy atom. The molecule has 1 atom stereocenters. The lowest BCUT2D eigenvalue weighted by Gasteiger charge is -2.25. The molecule has 1 aliphatic heterocycles. The number of likely N-dealkylation sites (tertiary alicyclic amines) is 1.